The Morgan fingerprint density at radius 1 is 0.929 bits per heavy atom. The summed E-state index contributed by atoms with van der Waals surface area (Å²) >= 11 is 0. The monoisotopic (exact) mass is 393 g/mol. The molecule has 1 aromatic rings. The molecule has 0 aliphatic heterocycles. The fourth-order valence-electron chi connectivity index (χ4n) is 2.42. The van der Waals surface area contributed by atoms with Crippen LogP contribution in [0.15, 0.2) is 18.2 Å². The van der Waals surface area contributed by atoms with Gasteiger partial charge in [-0.2, -0.15) is 0 Å². The number of ether oxygens (including phenoxy) is 2. The van der Waals surface area contributed by atoms with Gasteiger partial charge in [0.05, 0.1) is 38.4 Å². The van der Waals surface area contributed by atoms with Crippen molar-refractivity contribution in [2.45, 2.75) is 26.8 Å². The van der Waals surface area contributed by atoms with Crippen LogP contribution < -0.4 is 10.6 Å². The topological polar surface area (TPSA) is 114 Å². The van der Waals surface area contributed by atoms with Crippen LogP contribution in [0, 0.1) is 0 Å². The smallest absolute Gasteiger partial charge is 0.337 e. The van der Waals surface area contributed by atoms with E-state index in [1.807, 2.05) is 20.8 Å². The van der Waals surface area contributed by atoms with Gasteiger partial charge in [-0.05, 0) is 38.6 Å². The Kier molecular flexibility index (Phi) is 9.10. The highest BCUT2D eigenvalue weighted by Crippen LogP contribution is 2.17. The second kappa shape index (κ2) is 11.0. The normalized spacial score (nSPS) is 10.5. The van der Waals surface area contributed by atoms with E-state index in [1.165, 1.54) is 32.4 Å². The molecule has 0 saturated heterocycles. The molecule has 0 radical (unpaired) electrons. The fraction of sp³-hybridized carbons (Fsp3) is 0.474. The maximum absolute atomic E-state index is 12.4. The number of carbonyl (C=O) groups is 4. The predicted octanol–water partition coefficient (Wildman–Crippen LogP) is 1.04. The summed E-state index contributed by atoms with van der Waals surface area (Å²) < 4.78 is 9.33. The van der Waals surface area contributed by atoms with Crippen molar-refractivity contribution < 1.29 is 28.7 Å². The Labute approximate surface area is 164 Å². The van der Waals surface area contributed by atoms with E-state index >= 15 is 0 Å². The summed E-state index contributed by atoms with van der Waals surface area (Å²) in [5.41, 5.74) is 0.449. The predicted molar refractivity (Wildman–Crippen MR) is 103 cm³/mol. The molecule has 0 unspecified atom stereocenters. The molecule has 0 fully saturated rings. The number of nitrogens with zero attached hydrogens (tertiary/aromatic N) is 1. The molecule has 0 spiro atoms. The number of rotatable bonds is 9. The highest BCUT2D eigenvalue weighted by molar-refractivity contribution is 5.99. The third kappa shape index (κ3) is 7.36. The van der Waals surface area contributed by atoms with Crippen molar-refractivity contribution in [2.75, 3.05) is 39.2 Å². The Bertz CT molecular complexity index is 698. The van der Waals surface area contributed by atoms with E-state index in [0.29, 0.717) is 6.54 Å². The van der Waals surface area contributed by atoms with Crippen LogP contribution in [0.2, 0.25) is 0 Å². The second-order valence-corrected chi connectivity index (χ2v) is 6.36. The van der Waals surface area contributed by atoms with Gasteiger partial charge in [-0.25, -0.2) is 9.59 Å². The highest BCUT2D eigenvalue weighted by Gasteiger charge is 2.17. The summed E-state index contributed by atoms with van der Waals surface area (Å²) in [7, 11) is 2.43. The van der Waals surface area contributed by atoms with Gasteiger partial charge in [-0.3, -0.25) is 14.5 Å². The van der Waals surface area contributed by atoms with Crippen LogP contribution in [0.25, 0.3) is 0 Å². The van der Waals surface area contributed by atoms with Gasteiger partial charge in [0, 0.05) is 11.7 Å². The number of anilines is 1. The van der Waals surface area contributed by atoms with Gasteiger partial charge in [-0.1, -0.05) is 6.92 Å². The lowest BCUT2D eigenvalue weighted by Crippen LogP contribution is -2.42. The van der Waals surface area contributed by atoms with Crippen molar-refractivity contribution in [3.05, 3.63) is 29.3 Å². The molecule has 9 heteroatoms. The Hall–Kier alpha value is -2.94. The molecular formula is C19H27N3O6. The molecule has 28 heavy (non-hydrogen) atoms. The number of likely N-dealkylation sites (N-methyl/N-ethyl adjacent to an activating group) is 1. The van der Waals surface area contributed by atoms with Crippen LogP contribution in [0.4, 0.5) is 5.69 Å². The number of amides is 2. The molecule has 0 atom stereocenters. The van der Waals surface area contributed by atoms with E-state index in [-0.39, 0.29) is 41.9 Å². The van der Waals surface area contributed by atoms with E-state index < -0.39 is 17.8 Å². The van der Waals surface area contributed by atoms with Gasteiger partial charge in [0.25, 0.3) is 0 Å². The standard InChI is InChI=1S/C19H27N3O6/c1-6-22(10-16(23)20-12(2)3)11-17(24)21-15-8-13(18(25)27-4)7-14(9-15)19(26)28-5/h7-9,12H,6,10-11H2,1-5H3,(H,20,23)(H,21,24). The summed E-state index contributed by atoms with van der Waals surface area (Å²) in [6.07, 6.45) is 0. The highest BCUT2D eigenvalue weighted by atomic mass is 16.5. The van der Waals surface area contributed by atoms with E-state index in [0.717, 1.165) is 0 Å². The van der Waals surface area contributed by atoms with Crippen molar-refractivity contribution in [3.63, 3.8) is 0 Å². The lowest BCUT2D eigenvalue weighted by Gasteiger charge is -2.20. The largest absolute Gasteiger partial charge is 0.465 e. The average Bonchev–Trinajstić information content (AvgIpc) is 2.64. The number of carbonyl (C=O) groups excluding carboxylic acids is 4. The summed E-state index contributed by atoms with van der Waals surface area (Å²) in [5.74, 6) is -1.87. The lowest BCUT2D eigenvalue weighted by molar-refractivity contribution is -0.123. The van der Waals surface area contributed by atoms with Gasteiger partial charge >= 0.3 is 11.9 Å². The van der Waals surface area contributed by atoms with Gasteiger partial charge in [-0.15, -0.1) is 0 Å². The maximum atomic E-state index is 12.4. The van der Waals surface area contributed by atoms with E-state index in [9.17, 15) is 19.2 Å². The first-order valence-electron chi connectivity index (χ1n) is 8.83. The Balaban J connectivity index is 2.90. The molecule has 1 rings (SSSR count). The molecular weight excluding hydrogens is 366 g/mol. The molecule has 2 amide bonds. The molecule has 0 saturated carbocycles. The zero-order valence-corrected chi connectivity index (χ0v) is 16.8. The molecule has 154 valence electrons. The van der Waals surface area contributed by atoms with Crippen LogP contribution in [0.5, 0.6) is 0 Å². The molecule has 9 nitrogen and oxygen atoms in total. The van der Waals surface area contributed by atoms with Gasteiger partial charge in [0.1, 0.15) is 0 Å². The number of hydrogen-bond acceptors (Lipinski definition) is 7. The van der Waals surface area contributed by atoms with Crippen LogP contribution in [0.3, 0.4) is 0 Å². The minimum Gasteiger partial charge on any atom is -0.465 e. The summed E-state index contributed by atoms with van der Waals surface area (Å²) in [6, 6.07) is 4.13. The number of hydrogen-bond donors (Lipinski definition) is 2. The van der Waals surface area contributed by atoms with Crippen molar-refractivity contribution in [3.8, 4) is 0 Å². The Morgan fingerprint density at radius 3 is 1.86 bits per heavy atom. The van der Waals surface area contributed by atoms with E-state index in [4.69, 9.17) is 0 Å². The van der Waals surface area contributed by atoms with Crippen molar-refractivity contribution >= 4 is 29.4 Å². The fourth-order valence-corrected chi connectivity index (χ4v) is 2.42. The van der Waals surface area contributed by atoms with Gasteiger partial charge in [0.2, 0.25) is 11.8 Å². The third-order valence-corrected chi connectivity index (χ3v) is 3.69. The summed E-state index contributed by atoms with van der Waals surface area (Å²) in [5, 5.41) is 5.40. The SMILES string of the molecule is CCN(CC(=O)Nc1cc(C(=O)OC)cc(C(=O)OC)c1)CC(=O)NC(C)C. The van der Waals surface area contributed by atoms with Crippen molar-refractivity contribution in [2.24, 2.45) is 0 Å². The quantitative estimate of drug-likeness (QED) is 0.603. The summed E-state index contributed by atoms with van der Waals surface area (Å²) in [6.45, 7) is 6.09. The molecule has 0 aliphatic carbocycles. The molecule has 2 N–H and O–H groups in total. The van der Waals surface area contributed by atoms with E-state index in [1.54, 1.807) is 4.90 Å². The van der Waals surface area contributed by atoms with Crippen molar-refractivity contribution in [1.29, 1.82) is 0 Å². The third-order valence-electron chi connectivity index (χ3n) is 3.69. The van der Waals surface area contributed by atoms with Crippen LogP contribution >= 0.6 is 0 Å². The number of nitrogens with one attached hydrogen (secondary N) is 2. The summed E-state index contributed by atoms with van der Waals surface area (Å²) in [4.78, 5) is 49.5. The van der Waals surface area contributed by atoms with Crippen LogP contribution in [-0.2, 0) is 19.1 Å². The molecule has 1 aromatic carbocycles. The first-order valence-corrected chi connectivity index (χ1v) is 8.83. The first-order chi connectivity index (χ1) is 13.2. The molecule has 0 aliphatic rings. The van der Waals surface area contributed by atoms with Gasteiger partial charge < -0.3 is 20.1 Å². The Morgan fingerprint density at radius 2 is 1.43 bits per heavy atom. The zero-order chi connectivity index (χ0) is 21.3. The molecule has 0 aromatic heterocycles. The lowest BCUT2D eigenvalue weighted by atomic mass is 10.1. The second-order valence-electron chi connectivity index (χ2n) is 6.36. The van der Waals surface area contributed by atoms with Gasteiger partial charge in [0.15, 0.2) is 0 Å². The van der Waals surface area contributed by atoms with E-state index in [2.05, 4.69) is 20.1 Å². The number of esters is 2. The minimum atomic E-state index is -0.651. The van der Waals surface area contributed by atoms with Crippen LogP contribution in [-0.4, -0.2) is 68.5 Å². The number of methoxy groups -OCH3 is 2. The zero-order valence-electron chi connectivity index (χ0n) is 16.8. The van der Waals surface area contributed by atoms with Crippen LogP contribution in [0.1, 0.15) is 41.5 Å². The maximum Gasteiger partial charge on any atom is 0.337 e. The first kappa shape index (κ1) is 23.1. The number of benzene rings is 1. The molecule has 0 bridgehead atoms. The minimum absolute atomic E-state index is 0.0119. The molecule has 0 heterocycles. The van der Waals surface area contributed by atoms with Crippen molar-refractivity contribution in [1.82, 2.24) is 10.2 Å². The average molecular weight is 393 g/mol.